The number of rotatable bonds is 2. The molecule has 0 radical (unpaired) electrons. The molecule has 0 fully saturated rings. The van der Waals surface area contributed by atoms with Gasteiger partial charge in [0.15, 0.2) is 0 Å². The van der Waals surface area contributed by atoms with E-state index in [4.69, 9.17) is 5.73 Å². The summed E-state index contributed by atoms with van der Waals surface area (Å²) in [6, 6.07) is 8.75. The molecule has 2 rings (SSSR count). The van der Waals surface area contributed by atoms with Crippen molar-refractivity contribution in [1.29, 1.82) is 0 Å². The van der Waals surface area contributed by atoms with Crippen LogP contribution in [0.4, 0.5) is 11.5 Å². The first-order chi connectivity index (χ1) is 8.56. The molecule has 1 aromatic carbocycles. The molecule has 0 aliphatic rings. The summed E-state index contributed by atoms with van der Waals surface area (Å²) in [5, 5.41) is 2.71. The van der Waals surface area contributed by atoms with Gasteiger partial charge in [-0.05, 0) is 46.3 Å². The Kier molecular flexibility index (Phi) is 3.98. The lowest BCUT2D eigenvalue weighted by Gasteiger charge is -2.07. The van der Waals surface area contributed by atoms with Gasteiger partial charge in [0.25, 0.3) is 5.91 Å². The minimum atomic E-state index is -0.222. The molecule has 4 nitrogen and oxygen atoms in total. The smallest absolute Gasteiger partial charge is 0.256 e. The summed E-state index contributed by atoms with van der Waals surface area (Å²) < 4.78 is 1.57. The molecule has 1 aromatic heterocycles. The van der Waals surface area contributed by atoms with Crippen LogP contribution in [0.5, 0.6) is 0 Å². The summed E-state index contributed by atoms with van der Waals surface area (Å²) in [7, 11) is 0. The predicted octanol–water partition coefficient (Wildman–Crippen LogP) is 3.44. The lowest BCUT2D eigenvalue weighted by atomic mass is 10.2. The lowest BCUT2D eigenvalue weighted by molar-refractivity contribution is 0.102. The Morgan fingerprint density at radius 3 is 2.50 bits per heavy atom. The molecule has 0 aliphatic heterocycles. The first kappa shape index (κ1) is 13.0. The summed E-state index contributed by atoms with van der Waals surface area (Å²) in [5.74, 6) is 0.220. The fourth-order valence-corrected chi connectivity index (χ4v) is 2.06. The first-order valence-electron chi connectivity index (χ1n) is 5.04. The highest BCUT2D eigenvalue weighted by Crippen LogP contribution is 2.22. The number of carbonyl (C=O) groups excluding carboxylic acids is 1. The summed E-state index contributed by atoms with van der Waals surface area (Å²) in [6.07, 6.45) is 1.49. The van der Waals surface area contributed by atoms with Crippen LogP contribution < -0.4 is 11.1 Å². The molecule has 0 unspecified atom stereocenters. The summed E-state index contributed by atoms with van der Waals surface area (Å²) in [5.41, 5.74) is 6.67. The van der Waals surface area contributed by atoms with Gasteiger partial charge < -0.3 is 11.1 Å². The molecular weight excluding hydrogens is 362 g/mol. The SMILES string of the molecule is Nc1cnc(NC(=O)c2ccc(Br)cc2)c(Br)c1. The molecule has 0 bridgehead atoms. The standard InChI is InChI=1S/C12H9Br2N3O/c13-8-3-1-7(2-4-8)12(18)17-11-10(14)5-9(15)6-16-11/h1-6H,15H2,(H,16,17,18). The number of benzene rings is 1. The highest BCUT2D eigenvalue weighted by molar-refractivity contribution is 9.10. The largest absolute Gasteiger partial charge is 0.397 e. The molecule has 0 atom stereocenters. The van der Waals surface area contributed by atoms with Gasteiger partial charge in [-0.2, -0.15) is 0 Å². The average Bonchev–Trinajstić information content (AvgIpc) is 2.33. The van der Waals surface area contributed by atoms with Crippen molar-refractivity contribution < 1.29 is 4.79 Å². The van der Waals surface area contributed by atoms with E-state index in [1.165, 1.54) is 6.20 Å². The number of nitrogens with two attached hydrogens (primary N) is 1. The Hall–Kier alpha value is -1.40. The minimum absolute atomic E-state index is 0.222. The van der Waals surface area contributed by atoms with Gasteiger partial charge in [0.05, 0.1) is 16.4 Å². The molecule has 0 saturated carbocycles. The molecule has 18 heavy (non-hydrogen) atoms. The maximum Gasteiger partial charge on any atom is 0.256 e. The Bertz CT molecular complexity index is 584. The number of halogens is 2. The van der Waals surface area contributed by atoms with E-state index in [0.717, 1.165) is 4.47 Å². The lowest BCUT2D eigenvalue weighted by Crippen LogP contribution is -2.13. The van der Waals surface area contributed by atoms with Gasteiger partial charge in [-0.15, -0.1) is 0 Å². The van der Waals surface area contributed by atoms with Gasteiger partial charge >= 0.3 is 0 Å². The van der Waals surface area contributed by atoms with Gasteiger partial charge in [0, 0.05) is 10.0 Å². The maximum absolute atomic E-state index is 11.9. The van der Waals surface area contributed by atoms with Gasteiger partial charge in [-0.25, -0.2) is 4.98 Å². The second kappa shape index (κ2) is 5.49. The van der Waals surface area contributed by atoms with Crippen molar-refractivity contribution in [2.75, 3.05) is 11.1 Å². The highest BCUT2D eigenvalue weighted by atomic mass is 79.9. The second-order valence-corrected chi connectivity index (χ2v) is 5.33. The van der Waals surface area contributed by atoms with Crippen molar-refractivity contribution in [3.8, 4) is 0 Å². The number of carbonyl (C=O) groups is 1. The number of amides is 1. The van der Waals surface area contributed by atoms with Crippen LogP contribution >= 0.6 is 31.9 Å². The number of hydrogen-bond donors (Lipinski definition) is 2. The number of hydrogen-bond acceptors (Lipinski definition) is 3. The van der Waals surface area contributed by atoms with E-state index in [9.17, 15) is 4.79 Å². The van der Waals surface area contributed by atoms with E-state index in [1.807, 2.05) is 0 Å². The number of nitrogens with one attached hydrogen (secondary N) is 1. The number of anilines is 2. The molecule has 0 aliphatic carbocycles. The topological polar surface area (TPSA) is 68.0 Å². The van der Waals surface area contributed by atoms with Gasteiger partial charge in [-0.1, -0.05) is 15.9 Å². The van der Waals surface area contributed by atoms with Crippen LogP contribution in [0.2, 0.25) is 0 Å². The van der Waals surface area contributed by atoms with Crippen molar-refractivity contribution in [3.63, 3.8) is 0 Å². The fourth-order valence-electron chi connectivity index (χ4n) is 1.33. The van der Waals surface area contributed by atoms with Crippen LogP contribution in [-0.4, -0.2) is 10.9 Å². The summed E-state index contributed by atoms with van der Waals surface area (Å²) in [6.45, 7) is 0. The zero-order valence-corrected chi connectivity index (χ0v) is 12.3. The molecule has 0 saturated heterocycles. The molecule has 92 valence electrons. The molecule has 6 heteroatoms. The highest BCUT2D eigenvalue weighted by Gasteiger charge is 2.09. The van der Waals surface area contributed by atoms with Crippen LogP contribution in [0.25, 0.3) is 0 Å². The number of nitrogen functional groups attached to an aromatic ring is 1. The average molecular weight is 371 g/mol. The van der Waals surface area contributed by atoms with Gasteiger partial charge in [0.2, 0.25) is 0 Å². The molecule has 0 spiro atoms. The normalized spacial score (nSPS) is 10.1. The molecule has 1 amide bonds. The number of nitrogens with zero attached hydrogens (tertiary/aromatic N) is 1. The Balaban J connectivity index is 2.18. The van der Waals surface area contributed by atoms with E-state index in [1.54, 1.807) is 30.3 Å². The molecule has 3 N–H and O–H groups in total. The zero-order chi connectivity index (χ0) is 13.1. The Labute approximate surface area is 121 Å². The number of pyridine rings is 1. The predicted molar refractivity (Wildman–Crippen MR) is 78.4 cm³/mol. The third-order valence-corrected chi connectivity index (χ3v) is 3.33. The maximum atomic E-state index is 11.9. The van der Waals surface area contributed by atoms with Crippen molar-refractivity contribution in [2.45, 2.75) is 0 Å². The van der Waals surface area contributed by atoms with Crippen LogP contribution in [0.3, 0.4) is 0 Å². The summed E-state index contributed by atoms with van der Waals surface area (Å²) >= 11 is 6.61. The van der Waals surface area contributed by atoms with E-state index >= 15 is 0 Å². The fraction of sp³-hybridized carbons (Fsp3) is 0. The number of aromatic nitrogens is 1. The monoisotopic (exact) mass is 369 g/mol. The minimum Gasteiger partial charge on any atom is -0.397 e. The van der Waals surface area contributed by atoms with E-state index in [-0.39, 0.29) is 5.91 Å². The second-order valence-electron chi connectivity index (χ2n) is 3.56. The van der Waals surface area contributed by atoms with Crippen LogP contribution in [-0.2, 0) is 0 Å². The quantitative estimate of drug-likeness (QED) is 0.850. The van der Waals surface area contributed by atoms with Crippen molar-refractivity contribution in [3.05, 3.63) is 51.0 Å². The Morgan fingerprint density at radius 1 is 1.22 bits per heavy atom. The van der Waals surface area contributed by atoms with Crippen LogP contribution in [0.1, 0.15) is 10.4 Å². The van der Waals surface area contributed by atoms with Crippen LogP contribution in [0, 0.1) is 0 Å². The molecular formula is C12H9Br2N3O. The van der Waals surface area contributed by atoms with E-state index in [2.05, 4.69) is 42.2 Å². The van der Waals surface area contributed by atoms with Crippen molar-refractivity contribution >= 4 is 49.3 Å². The molecule has 1 heterocycles. The first-order valence-corrected chi connectivity index (χ1v) is 6.63. The van der Waals surface area contributed by atoms with Crippen LogP contribution in [0.15, 0.2) is 45.5 Å². The third kappa shape index (κ3) is 3.08. The van der Waals surface area contributed by atoms with Crippen molar-refractivity contribution in [2.24, 2.45) is 0 Å². The summed E-state index contributed by atoms with van der Waals surface area (Å²) in [4.78, 5) is 16.0. The third-order valence-electron chi connectivity index (χ3n) is 2.20. The van der Waals surface area contributed by atoms with Gasteiger partial charge in [-0.3, -0.25) is 4.79 Å². The Morgan fingerprint density at radius 2 is 1.89 bits per heavy atom. The van der Waals surface area contributed by atoms with E-state index in [0.29, 0.717) is 21.5 Å². The van der Waals surface area contributed by atoms with E-state index < -0.39 is 0 Å². The van der Waals surface area contributed by atoms with Gasteiger partial charge in [0.1, 0.15) is 5.82 Å². The van der Waals surface area contributed by atoms with Crippen molar-refractivity contribution in [1.82, 2.24) is 4.98 Å². The molecule has 2 aromatic rings. The zero-order valence-electron chi connectivity index (χ0n) is 9.15.